The van der Waals surface area contributed by atoms with Crippen LogP contribution in [0.25, 0.3) is 0 Å². The number of para-hydroxylation sites is 1. The predicted molar refractivity (Wildman–Crippen MR) is 83.7 cm³/mol. The first-order valence-electron chi connectivity index (χ1n) is 6.91. The average molecular weight is 302 g/mol. The maximum absolute atomic E-state index is 11.7. The van der Waals surface area contributed by atoms with Gasteiger partial charge in [-0.1, -0.05) is 36.4 Å². The first kappa shape index (κ1) is 14.1. The van der Waals surface area contributed by atoms with E-state index in [1.54, 1.807) is 12.1 Å². The highest BCUT2D eigenvalue weighted by atomic mass is 32.2. The van der Waals surface area contributed by atoms with Crippen molar-refractivity contribution in [2.45, 2.75) is 24.8 Å². The van der Waals surface area contributed by atoms with E-state index in [2.05, 4.69) is 30.0 Å². The van der Waals surface area contributed by atoms with Gasteiger partial charge in [-0.2, -0.15) is 0 Å². The third-order valence-corrected chi connectivity index (χ3v) is 4.94. The number of rotatable bonds is 3. The predicted octanol–water partition coefficient (Wildman–Crippen LogP) is 2.21. The molecule has 0 amide bonds. The van der Waals surface area contributed by atoms with Crippen LogP contribution in [0.5, 0.6) is 0 Å². The summed E-state index contributed by atoms with van der Waals surface area (Å²) >= 11 is 0. The van der Waals surface area contributed by atoms with E-state index in [4.69, 9.17) is 5.14 Å². The summed E-state index contributed by atoms with van der Waals surface area (Å²) in [6.07, 6.45) is 0.995. The lowest BCUT2D eigenvalue weighted by Gasteiger charge is -2.22. The summed E-state index contributed by atoms with van der Waals surface area (Å²) in [5.41, 5.74) is 4.51. The summed E-state index contributed by atoms with van der Waals surface area (Å²) in [6, 6.07) is 13.2. The molecular weight excluding hydrogens is 284 g/mol. The number of hydrogen-bond acceptors (Lipinski definition) is 3. The number of hydrogen-bond donors (Lipinski definition) is 1. The number of nitrogens with zero attached hydrogens (tertiary/aromatic N) is 1. The number of benzene rings is 2. The second-order valence-corrected chi connectivity index (χ2v) is 6.94. The Morgan fingerprint density at radius 1 is 1.14 bits per heavy atom. The molecule has 21 heavy (non-hydrogen) atoms. The fourth-order valence-corrected chi connectivity index (χ4v) is 3.78. The lowest BCUT2D eigenvalue weighted by molar-refractivity contribution is 0.596. The molecule has 5 heteroatoms. The van der Waals surface area contributed by atoms with Crippen molar-refractivity contribution in [3.05, 3.63) is 59.2 Å². The van der Waals surface area contributed by atoms with Crippen molar-refractivity contribution in [3.63, 3.8) is 0 Å². The molecule has 2 N–H and O–H groups in total. The average Bonchev–Trinajstić information content (AvgIpc) is 2.83. The van der Waals surface area contributed by atoms with Crippen LogP contribution in [0.15, 0.2) is 47.4 Å². The van der Waals surface area contributed by atoms with Crippen molar-refractivity contribution in [2.24, 2.45) is 5.14 Å². The molecule has 1 aliphatic heterocycles. The van der Waals surface area contributed by atoms with Crippen LogP contribution in [0.1, 0.15) is 16.7 Å². The number of sulfonamides is 1. The first-order valence-corrected chi connectivity index (χ1v) is 8.45. The van der Waals surface area contributed by atoms with Gasteiger partial charge < -0.3 is 4.90 Å². The molecule has 0 unspecified atom stereocenters. The second kappa shape index (κ2) is 5.16. The zero-order valence-corrected chi connectivity index (χ0v) is 12.7. The summed E-state index contributed by atoms with van der Waals surface area (Å²) in [6.45, 7) is 3.55. The van der Waals surface area contributed by atoms with E-state index in [9.17, 15) is 8.42 Å². The van der Waals surface area contributed by atoms with Gasteiger partial charge in [0, 0.05) is 18.8 Å². The van der Waals surface area contributed by atoms with Crippen LogP contribution in [-0.4, -0.2) is 15.0 Å². The van der Waals surface area contributed by atoms with Gasteiger partial charge in [-0.3, -0.25) is 0 Å². The van der Waals surface area contributed by atoms with Gasteiger partial charge in [0.1, 0.15) is 0 Å². The SMILES string of the molecule is Cc1cccc2c1N(Cc1ccccc1S(N)(=O)=O)CC2. The van der Waals surface area contributed by atoms with Crippen molar-refractivity contribution in [1.29, 1.82) is 0 Å². The molecule has 0 saturated carbocycles. The Labute approximate surface area is 125 Å². The molecule has 110 valence electrons. The number of fused-ring (bicyclic) bond motifs is 1. The van der Waals surface area contributed by atoms with Gasteiger partial charge in [0.25, 0.3) is 0 Å². The van der Waals surface area contributed by atoms with Crippen molar-refractivity contribution in [3.8, 4) is 0 Å². The van der Waals surface area contributed by atoms with Crippen molar-refractivity contribution >= 4 is 15.7 Å². The van der Waals surface area contributed by atoms with Crippen LogP contribution in [0.3, 0.4) is 0 Å². The molecule has 2 aromatic rings. The molecule has 3 rings (SSSR count). The molecule has 0 fully saturated rings. The molecule has 2 aromatic carbocycles. The maximum atomic E-state index is 11.7. The lowest BCUT2D eigenvalue weighted by Crippen LogP contribution is -2.23. The Kier molecular flexibility index (Phi) is 3.47. The van der Waals surface area contributed by atoms with Crippen LogP contribution in [0.4, 0.5) is 5.69 Å². The molecule has 0 saturated heterocycles. The Morgan fingerprint density at radius 2 is 1.90 bits per heavy atom. The van der Waals surface area contributed by atoms with Crippen LogP contribution in [0, 0.1) is 6.92 Å². The van der Waals surface area contributed by atoms with Gasteiger partial charge in [0.15, 0.2) is 0 Å². The van der Waals surface area contributed by atoms with E-state index in [1.165, 1.54) is 16.8 Å². The molecule has 4 nitrogen and oxygen atoms in total. The maximum Gasteiger partial charge on any atom is 0.238 e. The Bertz CT molecular complexity index is 785. The fourth-order valence-electron chi connectivity index (χ4n) is 3.02. The third-order valence-electron chi connectivity index (χ3n) is 3.93. The van der Waals surface area contributed by atoms with Gasteiger partial charge >= 0.3 is 0 Å². The van der Waals surface area contributed by atoms with Crippen LogP contribution in [-0.2, 0) is 23.0 Å². The number of aryl methyl sites for hydroxylation is 1. The Morgan fingerprint density at radius 3 is 2.67 bits per heavy atom. The molecular formula is C16H18N2O2S. The minimum absolute atomic E-state index is 0.215. The molecule has 0 aromatic heterocycles. The van der Waals surface area contributed by atoms with Crippen molar-refractivity contribution in [1.82, 2.24) is 0 Å². The molecule has 0 bridgehead atoms. The zero-order valence-electron chi connectivity index (χ0n) is 11.9. The minimum atomic E-state index is -3.69. The second-order valence-electron chi connectivity index (χ2n) is 5.41. The quantitative estimate of drug-likeness (QED) is 0.945. The molecule has 0 radical (unpaired) electrons. The summed E-state index contributed by atoms with van der Waals surface area (Å²) in [4.78, 5) is 2.45. The van der Waals surface area contributed by atoms with Gasteiger partial charge in [-0.05, 0) is 36.1 Å². The van der Waals surface area contributed by atoms with E-state index < -0.39 is 10.0 Å². The topological polar surface area (TPSA) is 63.4 Å². The van der Waals surface area contributed by atoms with Gasteiger partial charge in [0.2, 0.25) is 10.0 Å². The third kappa shape index (κ3) is 2.66. The van der Waals surface area contributed by atoms with Crippen LogP contribution < -0.4 is 10.0 Å². The standard InChI is InChI=1S/C16H18N2O2S/c1-12-5-4-7-13-9-10-18(16(12)13)11-14-6-2-3-8-15(14)21(17,19)20/h2-8H,9-11H2,1H3,(H2,17,19,20). The number of primary sulfonamides is 1. The van der Waals surface area contributed by atoms with Gasteiger partial charge in [-0.15, -0.1) is 0 Å². The lowest BCUT2D eigenvalue weighted by atomic mass is 10.1. The molecule has 0 atom stereocenters. The molecule has 0 spiro atoms. The highest BCUT2D eigenvalue weighted by Crippen LogP contribution is 2.33. The van der Waals surface area contributed by atoms with E-state index in [1.807, 2.05) is 12.1 Å². The van der Waals surface area contributed by atoms with E-state index >= 15 is 0 Å². The van der Waals surface area contributed by atoms with Crippen molar-refractivity contribution in [2.75, 3.05) is 11.4 Å². The van der Waals surface area contributed by atoms with E-state index in [0.29, 0.717) is 6.54 Å². The molecule has 0 aliphatic carbocycles. The minimum Gasteiger partial charge on any atom is -0.366 e. The normalized spacial score (nSPS) is 14.3. The fraction of sp³-hybridized carbons (Fsp3) is 0.250. The van der Waals surface area contributed by atoms with Crippen LogP contribution >= 0.6 is 0 Å². The summed E-state index contributed by atoms with van der Waals surface area (Å²) in [5, 5.41) is 5.31. The van der Waals surface area contributed by atoms with Crippen LogP contribution in [0.2, 0.25) is 0 Å². The van der Waals surface area contributed by atoms with Gasteiger partial charge in [0.05, 0.1) is 4.90 Å². The summed E-state index contributed by atoms with van der Waals surface area (Å²) in [5.74, 6) is 0. The Hall–Kier alpha value is -1.85. The largest absolute Gasteiger partial charge is 0.366 e. The van der Waals surface area contributed by atoms with Crippen molar-refractivity contribution < 1.29 is 8.42 Å². The van der Waals surface area contributed by atoms with E-state index in [-0.39, 0.29) is 4.90 Å². The van der Waals surface area contributed by atoms with Gasteiger partial charge in [-0.25, -0.2) is 13.6 Å². The van der Waals surface area contributed by atoms with E-state index in [0.717, 1.165) is 18.5 Å². The summed E-state index contributed by atoms with van der Waals surface area (Å²) in [7, 11) is -3.69. The Balaban J connectivity index is 1.98. The smallest absolute Gasteiger partial charge is 0.238 e. The molecule has 1 heterocycles. The number of anilines is 1. The summed E-state index contributed by atoms with van der Waals surface area (Å²) < 4.78 is 23.4. The first-order chi connectivity index (χ1) is 9.97. The highest BCUT2D eigenvalue weighted by molar-refractivity contribution is 7.89. The monoisotopic (exact) mass is 302 g/mol. The zero-order chi connectivity index (χ0) is 15.0. The highest BCUT2D eigenvalue weighted by Gasteiger charge is 2.23. The number of nitrogens with two attached hydrogens (primary N) is 1. The molecule has 1 aliphatic rings.